The minimum atomic E-state index is -5.14. The first-order valence-corrected chi connectivity index (χ1v) is 13.3. The summed E-state index contributed by atoms with van der Waals surface area (Å²) in [6.45, 7) is -0.438. The van der Waals surface area contributed by atoms with Gasteiger partial charge in [0.1, 0.15) is 0 Å². The number of alkyl halides is 9. The van der Waals surface area contributed by atoms with Crippen molar-refractivity contribution in [1.82, 2.24) is 9.88 Å². The van der Waals surface area contributed by atoms with Crippen LogP contribution in [0.2, 0.25) is 5.02 Å². The Morgan fingerprint density at radius 2 is 1.34 bits per heavy atom. The number of benzene rings is 2. The summed E-state index contributed by atoms with van der Waals surface area (Å²) in [5, 5.41) is -0.434. The summed E-state index contributed by atoms with van der Waals surface area (Å²) in [4.78, 5) is 34.4. The van der Waals surface area contributed by atoms with Gasteiger partial charge in [-0.05, 0) is 49.2 Å². The number of hydrogen-bond acceptors (Lipinski definition) is 3. The molecule has 2 aliphatic heterocycles. The zero-order chi connectivity index (χ0) is 32.2. The molecule has 2 saturated heterocycles. The predicted molar refractivity (Wildman–Crippen MR) is 140 cm³/mol. The zero-order valence-electron chi connectivity index (χ0n) is 22.2. The van der Waals surface area contributed by atoms with E-state index in [9.17, 15) is 49.1 Å². The third-order valence-corrected chi connectivity index (χ3v) is 7.86. The normalized spacial score (nSPS) is 17.5. The monoisotopic (exact) mass is 650 g/mol. The molecule has 44 heavy (non-hydrogen) atoms. The molecule has 0 aliphatic carbocycles. The van der Waals surface area contributed by atoms with Crippen molar-refractivity contribution >= 4 is 35.0 Å². The van der Waals surface area contributed by atoms with E-state index in [4.69, 9.17) is 11.6 Å². The van der Waals surface area contributed by atoms with Gasteiger partial charge in [-0.1, -0.05) is 29.8 Å². The maximum absolute atomic E-state index is 13.8. The summed E-state index contributed by atoms with van der Waals surface area (Å²) in [7, 11) is 0. The molecular weight excluding hydrogens is 631 g/mol. The molecule has 0 N–H and O–H groups in total. The van der Waals surface area contributed by atoms with Crippen molar-refractivity contribution in [1.29, 1.82) is 0 Å². The Morgan fingerprint density at radius 1 is 0.795 bits per heavy atom. The van der Waals surface area contributed by atoms with Crippen molar-refractivity contribution in [3.63, 3.8) is 0 Å². The largest absolute Gasteiger partial charge is 0.417 e. The summed E-state index contributed by atoms with van der Waals surface area (Å²) in [5.41, 5.74) is -5.84. The molecule has 3 heterocycles. The molecule has 1 aromatic heterocycles. The summed E-state index contributed by atoms with van der Waals surface area (Å²) >= 11 is 6.14. The second-order valence-electron chi connectivity index (χ2n) is 10.4. The van der Waals surface area contributed by atoms with E-state index >= 15 is 0 Å². The van der Waals surface area contributed by atoms with E-state index in [1.54, 1.807) is 30.3 Å². The van der Waals surface area contributed by atoms with E-state index < -0.39 is 63.3 Å². The van der Waals surface area contributed by atoms with Gasteiger partial charge in [0.05, 0.1) is 33.8 Å². The highest BCUT2D eigenvalue weighted by Gasteiger charge is 2.53. The fraction of sp³-hybridized carbons (Fsp3) is 0.321. The standard InChI is InChI=1S/C28H20ClF9N4O2/c29-21-13-19(28(36,37)38)14-39-22(21)41-15-25(42(24(41)44)20-4-2-1-3-5-20)6-8-40(9-7-25)23(43)16-10-17(26(30,31)32)12-18(11-16)27(33,34)35/h1-5,10-14H,6-9,15H2. The average Bonchev–Trinajstić information content (AvgIpc) is 3.22. The van der Waals surface area contributed by atoms with Crippen LogP contribution in [0, 0.1) is 0 Å². The SMILES string of the molecule is O=C(c1cc(C(F)(F)F)cc(C(F)(F)F)c1)N1CCC2(CC1)CN(c1ncc(C(F)(F)F)cc1Cl)C(=O)N2c1ccccc1. The first-order chi connectivity index (χ1) is 20.4. The first kappa shape index (κ1) is 31.4. The smallest absolute Gasteiger partial charge is 0.338 e. The van der Waals surface area contributed by atoms with Crippen molar-refractivity contribution in [2.45, 2.75) is 36.9 Å². The highest BCUT2D eigenvalue weighted by molar-refractivity contribution is 6.33. The van der Waals surface area contributed by atoms with Crippen LogP contribution in [0.3, 0.4) is 0 Å². The topological polar surface area (TPSA) is 56.8 Å². The van der Waals surface area contributed by atoms with Gasteiger partial charge in [-0.3, -0.25) is 14.6 Å². The number of piperidine rings is 1. The number of pyridine rings is 1. The molecule has 234 valence electrons. The number of nitrogens with zero attached hydrogens (tertiary/aromatic N) is 4. The number of carbonyl (C=O) groups is 2. The van der Waals surface area contributed by atoms with Crippen LogP contribution in [0.5, 0.6) is 0 Å². The van der Waals surface area contributed by atoms with Crippen LogP contribution in [-0.2, 0) is 18.5 Å². The van der Waals surface area contributed by atoms with E-state index in [0.29, 0.717) is 30.1 Å². The number of likely N-dealkylation sites (tertiary alicyclic amines) is 1. The molecule has 2 fully saturated rings. The van der Waals surface area contributed by atoms with Gasteiger partial charge in [-0.15, -0.1) is 0 Å². The van der Waals surface area contributed by atoms with Crippen LogP contribution in [0.1, 0.15) is 39.9 Å². The van der Waals surface area contributed by atoms with Crippen LogP contribution in [0.4, 0.5) is 55.8 Å². The molecule has 2 aromatic carbocycles. The van der Waals surface area contributed by atoms with Gasteiger partial charge in [-0.25, -0.2) is 9.78 Å². The Hall–Kier alpha value is -4.01. The van der Waals surface area contributed by atoms with Gasteiger partial charge in [0.15, 0.2) is 5.82 Å². The van der Waals surface area contributed by atoms with Crippen LogP contribution < -0.4 is 9.80 Å². The van der Waals surface area contributed by atoms with Crippen molar-refractivity contribution in [3.05, 3.63) is 88.1 Å². The lowest BCUT2D eigenvalue weighted by Gasteiger charge is -2.43. The lowest BCUT2D eigenvalue weighted by atomic mass is 9.86. The Balaban J connectivity index is 1.45. The van der Waals surface area contributed by atoms with Gasteiger partial charge in [0.25, 0.3) is 5.91 Å². The third kappa shape index (κ3) is 5.88. The van der Waals surface area contributed by atoms with E-state index in [-0.39, 0.29) is 44.4 Å². The van der Waals surface area contributed by atoms with E-state index in [1.165, 1.54) is 4.90 Å². The minimum Gasteiger partial charge on any atom is -0.338 e. The lowest BCUT2D eigenvalue weighted by molar-refractivity contribution is -0.143. The number of para-hydroxylation sites is 1. The van der Waals surface area contributed by atoms with Gasteiger partial charge in [0.2, 0.25) is 0 Å². The summed E-state index contributed by atoms with van der Waals surface area (Å²) in [6.07, 6.45) is -14.4. The van der Waals surface area contributed by atoms with Gasteiger partial charge in [0, 0.05) is 30.5 Å². The highest BCUT2D eigenvalue weighted by atomic mass is 35.5. The van der Waals surface area contributed by atoms with E-state index in [1.807, 2.05) is 0 Å². The molecule has 5 rings (SSSR count). The summed E-state index contributed by atoms with van der Waals surface area (Å²) in [5.74, 6) is -1.29. The molecule has 2 aliphatic rings. The van der Waals surface area contributed by atoms with Crippen LogP contribution in [0.15, 0.2) is 60.8 Å². The van der Waals surface area contributed by atoms with E-state index in [2.05, 4.69) is 4.98 Å². The Morgan fingerprint density at radius 3 is 1.84 bits per heavy atom. The molecule has 0 radical (unpaired) electrons. The fourth-order valence-corrected chi connectivity index (χ4v) is 5.70. The van der Waals surface area contributed by atoms with Gasteiger partial charge >= 0.3 is 24.6 Å². The van der Waals surface area contributed by atoms with Crippen molar-refractivity contribution in [2.75, 3.05) is 29.4 Å². The van der Waals surface area contributed by atoms with E-state index in [0.717, 1.165) is 9.80 Å². The minimum absolute atomic E-state index is 0.0270. The second kappa shape index (κ2) is 10.9. The fourth-order valence-electron chi connectivity index (χ4n) is 5.44. The third-order valence-electron chi connectivity index (χ3n) is 7.58. The van der Waals surface area contributed by atoms with Gasteiger partial charge in [-0.2, -0.15) is 39.5 Å². The number of rotatable bonds is 3. The molecule has 0 unspecified atom stereocenters. The Labute approximate surface area is 248 Å². The Bertz CT molecular complexity index is 1550. The first-order valence-electron chi connectivity index (χ1n) is 12.9. The van der Waals surface area contributed by atoms with Crippen LogP contribution >= 0.6 is 11.6 Å². The molecular formula is C28H20ClF9N4O2. The average molecular weight is 651 g/mol. The number of halogens is 10. The number of hydrogen-bond donors (Lipinski definition) is 0. The molecule has 6 nitrogen and oxygen atoms in total. The molecule has 3 aromatic rings. The Kier molecular flexibility index (Phi) is 7.75. The van der Waals surface area contributed by atoms with Gasteiger partial charge < -0.3 is 4.90 Å². The number of aromatic nitrogens is 1. The maximum Gasteiger partial charge on any atom is 0.417 e. The summed E-state index contributed by atoms with van der Waals surface area (Å²) in [6, 6.07) is 8.83. The summed E-state index contributed by atoms with van der Waals surface area (Å²) < 4.78 is 120. The van der Waals surface area contributed by atoms with Crippen LogP contribution in [0.25, 0.3) is 0 Å². The molecule has 3 amide bonds. The zero-order valence-corrected chi connectivity index (χ0v) is 22.9. The number of urea groups is 1. The number of amides is 3. The van der Waals surface area contributed by atoms with Crippen molar-refractivity contribution in [3.8, 4) is 0 Å². The van der Waals surface area contributed by atoms with Crippen LogP contribution in [-0.4, -0.2) is 47.0 Å². The predicted octanol–water partition coefficient (Wildman–Crippen LogP) is 7.91. The maximum atomic E-state index is 13.8. The highest BCUT2D eigenvalue weighted by Crippen LogP contribution is 2.44. The quantitative estimate of drug-likeness (QED) is 0.271. The number of anilines is 2. The molecule has 1 spiro atoms. The second-order valence-corrected chi connectivity index (χ2v) is 10.8. The molecule has 0 atom stereocenters. The molecule has 0 bridgehead atoms. The van der Waals surface area contributed by atoms with Crippen molar-refractivity contribution < 1.29 is 49.1 Å². The lowest BCUT2D eigenvalue weighted by Crippen LogP contribution is -2.55. The molecule has 16 heteroatoms. The van der Waals surface area contributed by atoms with Crippen molar-refractivity contribution in [2.24, 2.45) is 0 Å². The molecule has 0 saturated carbocycles. The number of carbonyl (C=O) groups excluding carboxylic acids is 2.